The lowest BCUT2D eigenvalue weighted by Crippen LogP contribution is -2.81. The molecule has 3 N–H and O–H groups in total. The first-order chi connectivity index (χ1) is 14.4. The van der Waals surface area contributed by atoms with Gasteiger partial charge in [-0.05, 0) is 37.6 Å². The summed E-state index contributed by atoms with van der Waals surface area (Å²) in [6.07, 6.45) is 1.82. The molecule has 30 heavy (non-hydrogen) atoms. The van der Waals surface area contributed by atoms with E-state index in [1.54, 1.807) is 21.3 Å². The lowest BCUT2D eigenvalue weighted by Gasteiger charge is -2.68. The summed E-state index contributed by atoms with van der Waals surface area (Å²) >= 11 is 0. The Morgan fingerprint density at radius 3 is 2.43 bits per heavy atom. The number of ether oxygens (including phenoxy) is 3. The number of methoxy groups -OCH3 is 3. The highest BCUT2D eigenvalue weighted by Gasteiger charge is 2.89. The molecule has 1 aliphatic heterocycles. The average Bonchev–Trinajstić information content (AvgIpc) is 3.14. The second-order valence-electron chi connectivity index (χ2n) is 11.0. The van der Waals surface area contributed by atoms with Gasteiger partial charge in [-0.15, -0.1) is 0 Å². The van der Waals surface area contributed by atoms with E-state index in [0.29, 0.717) is 12.3 Å². The van der Waals surface area contributed by atoms with Gasteiger partial charge >= 0.3 is 0 Å². The number of aliphatic hydroxyl groups excluding tert-OH is 1. The molecule has 0 radical (unpaired) electrons. The minimum Gasteiger partial charge on any atom is -0.390 e. The maximum atomic E-state index is 12.5. The quantitative estimate of drug-likeness (QED) is 0.597. The van der Waals surface area contributed by atoms with Crippen LogP contribution >= 0.6 is 0 Å². The van der Waals surface area contributed by atoms with Gasteiger partial charge in [0.15, 0.2) is 0 Å². The summed E-state index contributed by atoms with van der Waals surface area (Å²) in [5.41, 5.74) is -3.43. The second kappa shape index (κ2) is 6.19. The van der Waals surface area contributed by atoms with Gasteiger partial charge in [0.2, 0.25) is 0 Å². The number of likely N-dealkylation sites (tertiary alicyclic amines) is 1. The summed E-state index contributed by atoms with van der Waals surface area (Å²) < 4.78 is 18.0. The van der Waals surface area contributed by atoms with Gasteiger partial charge in [0, 0.05) is 57.5 Å². The fourth-order valence-electron chi connectivity index (χ4n) is 10.3. The molecule has 6 rings (SSSR count). The van der Waals surface area contributed by atoms with Crippen LogP contribution in [0.15, 0.2) is 0 Å². The van der Waals surface area contributed by atoms with Crippen molar-refractivity contribution in [3.8, 4) is 0 Å². The zero-order valence-electron chi connectivity index (χ0n) is 18.5. The van der Waals surface area contributed by atoms with Crippen LogP contribution in [-0.4, -0.2) is 96.3 Å². The topological polar surface area (TPSA) is 91.6 Å². The molecule has 6 aliphatic rings. The zero-order valence-corrected chi connectivity index (χ0v) is 18.5. The fourth-order valence-corrected chi connectivity index (χ4v) is 10.3. The Bertz CT molecular complexity index is 736. The van der Waals surface area contributed by atoms with E-state index in [1.165, 1.54) is 0 Å². The number of likely N-dealkylation sites (N-methyl/N-ethyl adjacent to an activating group) is 1. The molecule has 1 saturated heterocycles. The molecular weight excluding hydrogens is 386 g/mol. The molecule has 0 aromatic heterocycles. The van der Waals surface area contributed by atoms with Gasteiger partial charge in [-0.3, -0.25) is 4.90 Å². The highest BCUT2D eigenvalue weighted by molar-refractivity contribution is 5.39. The Morgan fingerprint density at radius 1 is 1.03 bits per heavy atom. The van der Waals surface area contributed by atoms with Crippen molar-refractivity contribution in [3.05, 3.63) is 0 Å². The normalized spacial score (nSPS) is 63.3. The second-order valence-corrected chi connectivity index (χ2v) is 11.0. The van der Waals surface area contributed by atoms with Crippen molar-refractivity contribution in [3.63, 3.8) is 0 Å². The van der Waals surface area contributed by atoms with E-state index in [1.807, 2.05) is 0 Å². The average molecular weight is 424 g/mol. The Morgan fingerprint density at radius 2 is 1.80 bits per heavy atom. The van der Waals surface area contributed by atoms with Crippen molar-refractivity contribution >= 4 is 0 Å². The van der Waals surface area contributed by atoms with Crippen LogP contribution in [0.4, 0.5) is 0 Å². The molecular formula is C23H37NO6. The first-order valence-corrected chi connectivity index (χ1v) is 11.8. The van der Waals surface area contributed by atoms with Crippen LogP contribution in [0.5, 0.6) is 0 Å². The molecule has 7 bridgehead atoms. The van der Waals surface area contributed by atoms with Gasteiger partial charge < -0.3 is 29.5 Å². The van der Waals surface area contributed by atoms with Gasteiger partial charge in [0.25, 0.3) is 0 Å². The predicted molar refractivity (Wildman–Crippen MR) is 108 cm³/mol. The monoisotopic (exact) mass is 423 g/mol. The number of hydrogen-bond acceptors (Lipinski definition) is 7. The molecule has 7 nitrogen and oxygen atoms in total. The first kappa shape index (κ1) is 20.3. The van der Waals surface area contributed by atoms with Crippen LogP contribution < -0.4 is 0 Å². The van der Waals surface area contributed by atoms with Gasteiger partial charge in [-0.1, -0.05) is 6.92 Å². The van der Waals surface area contributed by atoms with Crippen LogP contribution in [0.25, 0.3) is 0 Å². The molecule has 13 atom stereocenters. The zero-order chi connectivity index (χ0) is 21.2. The molecule has 5 saturated carbocycles. The summed E-state index contributed by atoms with van der Waals surface area (Å²) in [6, 6.07) is -0.311. The fraction of sp³-hybridized carbons (Fsp3) is 1.00. The maximum Gasteiger partial charge on any atom is 0.136 e. The van der Waals surface area contributed by atoms with E-state index in [4.69, 9.17) is 14.2 Å². The number of hydrogen-bond donors (Lipinski definition) is 3. The SMILES string of the molecule is CCN1C[C@@H]2CC[C@H](OC)[C@]34C1[C@](O)([C@@H](O)[C@H]23)[C@@]1(O)C[C@H](OC)[C@H]2C[C@@H]4[C@@H]1[C@H]2OC. The minimum atomic E-state index is -1.62. The number of nitrogens with zero attached hydrogens (tertiary/aromatic N) is 1. The molecule has 0 amide bonds. The summed E-state index contributed by atoms with van der Waals surface area (Å²) in [4.78, 5) is 2.35. The third kappa shape index (κ3) is 1.80. The van der Waals surface area contributed by atoms with Crippen molar-refractivity contribution in [1.29, 1.82) is 0 Å². The maximum absolute atomic E-state index is 12.5. The van der Waals surface area contributed by atoms with Crippen molar-refractivity contribution in [2.45, 2.75) is 74.3 Å². The molecule has 1 heterocycles. The Balaban J connectivity index is 1.65. The molecule has 7 heteroatoms. The van der Waals surface area contributed by atoms with Crippen LogP contribution in [0.2, 0.25) is 0 Å². The Labute approximate surface area is 178 Å². The molecule has 1 unspecified atom stereocenters. The molecule has 6 fully saturated rings. The van der Waals surface area contributed by atoms with Crippen molar-refractivity contribution in [2.75, 3.05) is 34.4 Å². The Hall–Kier alpha value is -0.280. The van der Waals surface area contributed by atoms with Crippen molar-refractivity contribution in [1.82, 2.24) is 4.90 Å². The van der Waals surface area contributed by atoms with Crippen molar-refractivity contribution in [2.24, 2.45) is 35.0 Å². The van der Waals surface area contributed by atoms with Gasteiger partial charge in [0.05, 0.1) is 30.5 Å². The number of fused-ring (bicyclic) bond motifs is 2. The molecule has 1 spiro atoms. The third-order valence-electron chi connectivity index (χ3n) is 10.8. The van der Waals surface area contributed by atoms with E-state index in [2.05, 4.69) is 11.8 Å². The van der Waals surface area contributed by atoms with E-state index in [9.17, 15) is 15.3 Å². The van der Waals surface area contributed by atoms with Crippen LogP contribution in [0.1, 0.15) is 32.6 Å². The first-order valence-electron chi connectivity index (χ1n) is 11.8. The lowest BCUT2D eigenvalue weighted by atomic mass is 9.45. The van der Waals surface area contributed by atoms with E-state index >= 15 is 0 Å². The lowest BCUT2D eigenvalue weighted by molar-refractivity contribution is -0.314. The highest BCUT2D eigenvalue weighted by atomic mass is 16.5. The molecule has 5 aliphatic carbocycles. The number of rotatable bonds is 4. The van der Waals surface area contributed by atoms with Gasteiger partial charge in [0.1, 0.15) is 11.2 Å². The minimum absolute atomic E-state index is 0.0332. The summed E-state index contributed by atoms with van der Waals surface area (Å²) in [5, 5.41) is 36.8. The summed E-state index contributed by atoms with van der Waals surface area (Å²) in [6.45, 7) is 3.79. The predicted octanol–water partition coefficient (Wildman–Crippen LogP) is 0.254. The summed E-state index contributed by atoms with van der Waals surface area (Å²) in [7, 11) is 5.18. The number of piperidine rings is 1. The van der Waals surface area contributed by atoms with E-state index in [0.717, 1.165) is 32.4 Å². The number of aliphatic hydroxyl groups is 3. The van der Waals surface area contributed by atoms with Gasteiger partial charge in [-0.2, -0.15) is 0 Å². The summed E-state index contributed by atoms with van der Waals surface area (Å²) in [5.74, 6) is 0.377. The standard InChI is InChI=1S/C23H37NO6/c1-5-24-10-11-6-7-15(29-3)22-13-8-12-14(28-2)9-21(26,17(13)18(12)30-4)23(27,20(22)24)19(25)16(11)22/h11-20,25-27H,5-10H2,1-4H3/t11-,12+,13+,14-,15-,16-,17+,18-,19-,20?,21+,22-,23+/m0/s1. The third-order valence-corrected chi connectivity index (χ3v) is 10.8. The van der Waals surface area contributed by atoms with E-state index in [-0.39, 0.29) is 53.4 Å². The van der Waals surface area contributed by atoms with Crippen LogP contribution in [-0.2, 0) is 14.2 Å². The molecule has 0 aromatic rings. The molecule has 0 aromatic carbocycles. The Kier molecular flexibility index (Phi) is 4.19. The van der Waals surface area contributed by atoms with Gasteiger partial charge in [-0.25, -0.2) is 0 Å². The van der Waals surface area contributed by atoms with Crippen molar-refractivity contribution < 1.29 is 29.5 Å². The largest absolute Gasteiger partial charge is 0.390 e. The van der Waals surface area contributed by atoms with E-state index < -0.39 is 17.3 Å². The van der Waals surface area contributed by atoms with Crippen LogP contribution in [0, 0.1) is 35.0 Å². The smallest absolute Gasteiger partial charge is 0.136 e. The molecule has 170 valence electrons. The van der Waals surface area contributed by atoms with Crippen LogP contribution in [0.3, 0.4) is 0 Å². The highest BCUT2D eigenvalue weighted by Crippen LogP contribution is 2.78.